The number of rotatable bonds is 4. The number of carboxylic acids is 1. The molecular formula is C12H14ClNO4. The molecule has 1 aromatic carbocycles. The van der Waals surface area contributed by atoms with Crippen LogP contribution in [0.15, 0.2) is 18.2 Å². The van der Waals surface area contributed by atoms with E-state index >= 15 is 0 Å². The Morgan fingerprint density at radius 2 is 2.11 bits per heavy atom. The van der Waals surface area contributed by atoms with Gasteiger partial charge in [0, 0.05) is 0 Å². The van der Waals surface area contributed by atoms with Crippen molar-refractivity contribution in [2.75, 3.05) is 11.9 Å². The standard InChI is InChI=1S/C12H14ClNO4/c1-7(2)6-18-12(17)14-10-5-8(11(15)16)3-4-9(10)13/h3-5,7H,6H2,1-2H3,(H,14,17)(H,15,16). The molecule has 0 aliphatic carbocycles. The Morgan fingerprint density at radius 1 is 1.44 bits per heavy atom. The van der Waals surface area contributed by atoms with Crippen molar-refractivity contribution in [3.63, 3.8) is 0 Å². The van der Waals surface area contributed by atoms with E-state index in [-0.39, 0.29) is 28.8 Å². The van der Waals surface area contributed by atoms with Crippen LogP contribution in [0.4, 0.5) is 10.5 Å². The zero-order valence-corrected chi connectivity index (χ0v) is 10.8. The highest BCUT2D eigenvalue weighted by Crippen LogP contribution is 2.23. The minimum atomic E-state index is -1.09. The molecule has 18 heavy (non-hydrogen) atoms. The summed E-state index contributed by atoms with van der Waals surface area (Å²) >= 11 is 5.84. The van der Waals surface area contributed by atoms with Crippen LogP contribution < -0.4 is 5.32 Å². The fourth-order valence-corrected chi connectivity index (χ4v) is 1.31. The van der Waals surface area contributed by atoms with E-state index in [0.717, 1.165) is 0 Å². The third kappa shape index (κ3) is 4.25. The molecule has 0 heterocycles. The van der Waals surface area contributed by atoms with Crippen LogP contribution in [-0.2, 0) is 4.74 Å². The van der Waals surface area contributed by atoms with Crippen molar-refractivity contribution < 1.29 is 19.4 Å². The Balaban J connectivity index is 2.74. The van der Waals surface area contributed by atoms with Gasteiger partial charge in [-0.05, 0) is 24.1 Å². The van der Waals surface area contributed by atoms with Gasteiger partial charge in [-0.25, -0.2) is 9.59 Å². The van der Waals surface area contributed by atoms with Gasteiger partial charge in [-0.3, -0.25) is 5.32 Å². The SMILES string of the molecule is CC(C)COC(=O)Nc1cc(C(=O)O)ccc1Cl. The Bertz CT molecular complexity index is 459. The molecule has 5 nitrogen and oxygen atoms in total. The van der Waals surface area contributed by atoms with Crippen LogP contribution in [0.5, 0.6) is 0 Å². The molecule has 0 bridgehead atoms. The molecule has 1 rings (SSSR count). The quantitative estimate of drug-likeness (QED) is 0.881. The molecular weight excluding hydrogens is 258 g/mol. The maximum Gasteiger partial charge on any atom is 0.411 e. The number of carbonyl (C=O) groups excluding carboxylic acids is 1. The number of ether oxygens (including phenoxy) is 1. The largest absolute Gasteiger partial charge is 0.478 e. The molecule has 1 aromatic rings. The number of aromatic carboxylic acids is 1. The third-order valence-corrected chi connectivity index (χ3v) is 2.33. The van der Waals surface area contributed by atoms with E-state index in [4.69, 9.17) is 21.4 Å². The molecule has 0 atom stereocenters. The van der Waals surface area contributed by atoms with Crippen LogP contribution >= 0.6 is 11.6 Å². The average molecular weight is 272 g/mol. The lowest BCUT2D eigenvalue weighted by Crippen LogP contribution is -2.17. The number of anilines is 1. The first-order chi connectivity index (χ1) is 8.40. The predicted molar refractivity (Wildman–Crippen MR) is 68.2 cm³/mol. The maximum absolute atomic E-state index is 11.4. The van der Waals surface area contributed by atoms with Gasteiger partial charge >= 0.3 is 12.1 Å². The van der Waals surface area contributed by atoms with Gasteiger partial charge in [0.15, 0.2) is 0 Å². The van der Waals surface area contributed by atoms with E-state index in [2.05, 4.69) is 5.32 Å². The number of hydrogen-bond donors (Lipinski definition) is 2. The number of hydrogen-bond acceptors (Lipinski definition) is 3. The molecule has 0 saturated heterocycles. The number of carbonyl (C=O) groups is 2. The summed E-state index contributed by atoms with van der Waals surface area (Å²) in [5.74, 6) is -0.873. The highest BCUT2D eigenvalue weighted by molar-refractivity contribution is 6.33. The number of nitrogens with one attached hydrogen (secondary N) is 1. The maximum atomic E-state index is 11.4. The summed E-state index contributed by atoms with van der Waals surface area (Å²) in [6.07, 6.45) is -0.659. The van der Waals surface area contributed by atoms with Crippen molar-refractivity contribution in [3.8, 4) is 0 Å². The van der Waals surface area contributed by atoms with Gasteiger partial charge in [0.2, 0.25) is 0 Å². The van der Waals surface area contributed by atoms with Crippen molar-refractivity contribution in [2.24, 2.45) is 5.92 Å². The second-order valence-electron chi connectivity index (χ2n) is 4.12. The summed E-state index contributed by atoms with van der Waals surface area (Å²) in [6.45, 7) is 4.10. The Labute approximate surface area is 110 Å². The lowest BCUT2D eigenvalue weighted by molar-refractivity contribution is 0.0697. The van der Waals surface area contributed by atoms with E-state index in [1.165, 1.54) is 18.2 Å². The number of halogens is 1. The minimum absolute atomic E-state index is 0.0403. The molecule has 0 saturated carbocycles. The second-order valence-corrected chi connectivity index (χ2v) is 4.52. The number of benzene rings is 1. The van der Waals surface area contributed by atoms with Gasteiger partial charge in [0.05, 0.1) is 22.9 Å². The molecule has 0 fully saturated rings. The smallest absolute Gasteiger partial charge is 0.411 e. The molecule has 6 heteroatoms. The average Bonchev–Trinajstić information content (AvgIpc) is 2.29. The van der Waals surface area contributed by atoms with Crippen molar-refractivity contribution in [1.29, 1.82) is 0 Å². The van der Waals surface area contributed by atoms with Gasteiger partial charge in [-0.1, -0.05) is 25.4 Å². The van der Waals surface area contributed by atoms with Crippen LogP contribution in [0.25, 0.3) is 0 Å². The summed E-state index contributed by atoms with van der Waals surface area (Å²) in [5, 5.41) is 11.5. The number of carboxylic acid groups (broad SMARTS) is 1. The molecule has 0 aliphatic rings. The van der Waals surface area contributed by atoms with Gasteiger partial charge in [-0.2, -0.15) is 0 Å². The Kier molecular flexibility index (Phi) is 4.97. The zero-order chi connectivity index (χ0) is 13.7. The van der Waals surface area contributed by atoms with Crippen LogP contribution in [0.3, 0.4) is 0 Å². The molecule has 0 aliphatic heterocycles. The van der Waals surface area contributed by atoms with Crippen LogP contribution in [0, 0.1) is 5.92 Å². The Morgan fingerprint density at radius 3 is 2.67 bits per heavy atom. The lowest BCUT2D eigenvalue weighted by Gasteiger charge is -2.10. The number of amides is 1. The molecule has 98 valence electrons. The monoisotopic (exact) mass is 271 g/mol. The third-order valence-electron chi connectivity index (χ3n) is 2.00. The van der Waals surface area contributed by atoms with E-state index in [1.54, 1.807) is 0 Å². The van der Waals surface area contributed by atoms with E-state index in [9.17, 15) is 9.59 Å². The fourth-order valence-electron chi connectivity index (χ4n) is 1.14. The summed E-state index contributed by atoms with van der Waals surface area (Å²) in [5.41, 5.74) is 0.254. The normalized spacial score (nSPS) is 10.2. The first-order valence-electron chi connectivity index (χ1n) is 5.36. The zero-order valence-electron chi connectivity index (χ0n) is 10.1. The van der Waals surface area contributed by atoms with Crippen molar-refractivity contribution in [2.45, 2.75) is 13.8 Å². The topological polar surface area (TPSA) is 75.6 Å². The summed E-state index contributed by atoms with van der Waals surface area (Å²) in [7, 11) is 0. The molecule has 0 radical (unpaired) electrons. The Hall–Kier alpha value is -1.75. The molecule has 0 aromatic heterocycles. The van der Waals surface area contributed by atoms with Gasteiger partial charge < -0.3 is 9.84 Å². The highest BCUT2D eigenvalue weighted by Gasteiger charge is 2.11. The molecule has 0 spiro atoms. The predicted octanol–water partition coefficient (Wildman–Crippen LogP) is 3.24. The highest BCUT2D eigenvalue weighted by atomic mass is 35.5. The van der Waals surface area contributed by atoms with Crippen LogP contribution in [0.2, 0.25) is 5.02 Å². The lowest BCUT2D eigenvalue weighted by atomic mass is 10.2. The summed E-state index contributed by atoms with van der Waals surface area (Å²) < 4.78 is 4.91. The van der Waals surface area contributed by atoms with Gasteiger partial charge in [0.25, 0.3) is 0 Å². The second kappa shape index (κ2) is 6.26. The molecule has 1 amide bonds. The molecule has 2 N–H and O–H groups in total. The summed E-state index contributed by atoms with van der Waals surface area (Å²) in [6, 6.07) is 4.04. The van der Waals surface area contributed by atoms with Gasteiger partial charge in [0.1, 0.15) is 0 Å². The van der Waals surface area contributed by atoms with E-state index < -0.39 is 12.1 Å². The minimum Gasteiger partial charge on any atom is -0.478 e. The van der Waals surface area contributed by atoms with E-state index in [1.807, 2.05) is 13.8 Å². The fraction of sp³-hybridized carbons (Fsp3) is 0.333. The van der Waals surface area contributed by atoms with Crippen molar-refractivity contribution in [1.82, 2.24) is 0 Å². The van der Waals surface area contributed by atoms with Crippen LogP contribution in [0.1, 0.15) is 24.2 Å². The molecule has 0 unspecified atom stereocenters. The van der Waals surface area contributed by atoms with Crippen molar-refractivity contribution >= 4 is 29.4 Å². The first kappa shape index (κ1) is 14.3. The first-order valence-corrected chi connectivity index (χ1v) is 5.74. The summed E-state index contributed by atoms with van der Waals surface area (Å²) in [4.78, 5) is 22.2. The van der Waals surface area contributed by atoms with E-state index in [0.29, 0.717) is 0 Å². The van der Waals surface area contributed by atoms with Gasteiger partial charge in [-0.15, -0.1) is 0 Å². The van der Waals surface area contributed by atoms with Crippen molar-refractivity contribution in [3.05, 3.63) is 28.8 Å². The van der Waals surface area contributed by atoms with Crippen LogP contribution in [-0.4, -0.2) is 23.8 Å².